The molecule has 0 saturated carbocycles. The van der Waals surface area contributed by atoms with Crippen LogP contribution in [0.15, 0.2) is 42.5 Å². The molecule has 0 unspecified atom stereocenters. The first-order valence-corrected chi connectivity index (χ1v) is 14.0. The number of rotatable bonds is 5. The van der Waals surface area contributed by atoms with E-state index in [1.807, 2.05) is 15.9 Å². The summed E-state index contributed by atoms with van der Waals surface area (Å²) in [5.41, 5.74) is 0.672. The van der Waals surface area contributed by atoms with Crippen molar-refractivity contribution in [1.29, 1.82) is 0 Å². The highest BCUT2D eigenvalue weighted by Gasteiger charge is 2.42. The molecule has 0 aliphatic carbocycles. The van der Waals surface area contributed by atoms with Crippen molar-refractivity contribution in [3.8, 4) is 0 Å². The van der Waals surface area contributed by atoms with Crippen molar-refractivity contribution < 1.29 is 37.2 Å². The van der Waals surface area contributed by atoms with Crippen LogP contribution in [0.25, 0.3) is 0 Å². The molecule has 10 nitrogen and oxygen atoms in total. The number of hydroxylamine groups is 2. The van der Waals surface area contributed by atoms with Crippen LogP contribution in [0.2, 0.25) is 5.02 Å². The molecule has 2 aromatic rings. The molecule has 0 spiro atoms. The summed E-state index contributed by atoms with van der Waals surface area (Å²) in [7, 11) is 0. The lowest BCUT2D eigenvalue weighted by Crippen LogP contribution is -2.51. The number of carbonyl (C=O) groups excluding carboxylic acids is 4. The number of benzene rings is 2. The second-order valence-corrected chi connectivity index (χ2v) is 10.7. The van der Waals surface area contributed by atoms with Gasteiger partial charge in [-0.2, -0.15) is 13.2 Å². The molecule has 3 aliphatic heterocycles. The highest BCUT2D eigenvalue weighted by atomic mass is 35.5. The van der Waals surface area contributed by atoms with Crippen molar-refractivity contribution in [3.63, 3.8) is 0 Å². The number of piperazine rings is 1. The summed E-state index contributed by atoms with van der Waals surface area (Å²) >= 11 is 6.67. The van der Waals surface area contributed by atoms with Crippen molar-refractivity contribution in [2.45, 2.75) is 37.9 Å². The number of carbonyl (C=O) groups is 4. The predicted octanol–water partition coefficient (Wildman–Crippen LogP) is 4.32. The van der Waals surface area contributed by atoms with E-state index >= 15 is 0 Å². The first kappa shape index (κ1) is 29.5. The molecule has 2 aromatic carbocycles. The van der Waals surface area contributed by atoms with Gasteiger partial charge in [0.2, 0.25) is 0 Å². The fourth-order valence-electron chi connectivity index (χ4n) is 5.26. The minimum Gasteiger partial charge on any atom is -0.367 e. The minimum atomic E-state index is -4.49. The van der Waals surface area contributed by atoms with Gasteiger partial charge in [-0.25, -0.2) is 9.59 Å². The summed E-state index contributed by atoms with van der Waals surface area (Å²) in [5.74, 6) is -0.928. The number of hydrogen-bond acceptors (Lipinski definition) is 6. The molecule has 224 valence electrons. The minimum absolute atomic E-state index is 0.0739. The fourth-order valence-corrected chi connectivity index (χ4v) is 5.59. The van der Waals surface area contributed by atoms with E-state index in [0.29, 0.717) is 53.1 Å². The maximum atomic E-state index is 13.0. The van der Waals surface area contributed by atoms with Gasteiger partial charge in [0, 0.05) is 45.7 Å². The number of nitrogens with zero attached hydrogens (tertiary/aromatic N) is 4. The van der Waals surface area contributed by atoms with E-state index in [2.05, 4.69) is 5.32 Å². The molecule has 3 fully saturated rings. The predicted molar refractivity (Wildman–Crippen MR) is 146 cm³/mol. The van der Waals surface area contributed by atoms with Crippen LogP contribution in [0.1, 0.15) is 40.7 Å². The summed E-state index contributed by atoms with van der Waals surface area (Å²) in [6.07, 6.45) is -2.43. The van der Waals surface area contributed by atoms with Crippen molar-refractivity contribution >= 4 is 41.2 Å². The normalized spacial score (nSPS) is 19.7. The molecule has 0 aromatic heterocycles. The van der Waals surface area contributed by atoms with Gasteiger partial charge in [-0.15, -0.1) is 0 Å². The fraction of sp³-hybridized carbons (Fsp3) is 0.429. The van der Waals surface area contributed by atoms with E-state index in [0.717, 1.165) is 31.4 Å². The van der Waals surface area contributed by atoms with Crippen molar-refractivity contribution in [1.82, 2.24) is 20.2 Å². The van der Waals surface area contributed by atoms with Gasteiger partial charge < -0.3 is 24.9 Å². The molecule has 0 radical (unpaired) electrons. The molecule has 5 amide bonds. The molecule has 14 heteroatoms. The highest BCUT2D eigenvalue weighted by molar-refractivity contribution is 6.36. The van der Waals surface area contributed by atoms with Crippen LogP contribution in [-0.2, 0) is 22.2 Å². The Morgan fingerprint density at radius 2 is 1.57 bits per heavy atom. The summed E-state index contributed by atoms with van der Waals surface area (Å²) in [4.78, 5) is 61.2. The Balaban J connectivity index is 1.15. The van der Waals surface area contributed by atoms with Gasteiger partial charge >= 0.3 is 18.3 Å². The molecule has 3 aliphatic rings. The van der Waals surface area contributed by atoms with E-state index in [9.17, 15) is 32.3 Å². The lowest BCUT2D eigenvalue weighted by atomic mass is 10.0. The van der Waals surface area contributed by atoms with E-state index in [4.69, 9.17) is 16.4 Å². The number of hydrogen-bond donors (Lipinski definition) is 1. The molecule has 1 atom stereocenters. The SMILES string of the molecule is O=C(ON1C(=O)N[C@@H](Cc2ccc(C(F)(F)F)cc2)C1=O)N1CCN(c2cccc(C(=O)N3CCCCC3)c2Cl)CC1. The van der Waals surface area contributed by atoms with Crippen molar-refractivity contribution in [2.75, 3.05) is 44.2 Å². The Hall–Kier alpha value is -4.00. The highest BCUT2D eigenvalue weighted by Crippen LogP contribution is 2.32. The number of imide groups is 1. The number of urea groups is 1. The summed E-state index contributed by atoms with van der Waals surface area (Å²) in [6, 6.07) is 7.49. The van der Waals surface area contributed by atoms with Crippen LogP contribution in [0.5, 0.6) is 0 Å². The first-order chi connectivity index (χ1) is 20.0. The Morgan fingerprint density at radius 1 is 0.905 bits per heavy atom. The quantitative estimate of drug-likeness (QED) is 0.508. The van der Waals surface area contributed by atoms with E-state index in [-0.39, 0.29) is 25.4 Å². The second-order valence-electron chi connectivity index (χ2n) is 10.4. The third-order valence-electron chi connectivity index (χ3n) is 7.60. The van der Waals surface area contributed by atoms with E-state index in [1.165, 1.54) is 17.0 Å². The summed E-state index contributed by atoms with van der Waals surface area (Å²) in [5, 5.41) is 3.09. The summed E-state index contributed by atoms with van der Waals surface area (Å²) in [6.45, 7) is 2.55. The zero-order valence-corrected chi connectivity index (χ0v) is 23.3. The van der Waals surface area contributed by atoms with Crippen molar-refractivity contribution in [2.24, 2.45) is 0 Å². The number of anilines is 1. The molecule has 42 heavy (non-hydrogen) atoms. The Kier molecular flexibility index (Phi) is 8.48. The van der Waals surface area contributed by atoms with Gasteiger partial charge in [0.05, 0.1) is 21.8 Å². The Morgan fingerprint density at radius 3 is 2.21 bits per heavy atom. The van der Waals surface area contributed by atoms with Crippen LogP contribution in [0.3, 0.4) is 0 Å². The monoisotopic (exact) mass is 607 g/mol. The van der Waals surface area contributed by atoms with Crippen LogP contribution < -0.4 is 10.2 Å². The molecule has 5 rings (SSSR count). The molecule has 3 heterocycles. The Labute approximate surface area is 244 Å². The molecular weight excluding hydrogens is 579 g/mol. The average molecular weight is 608 g/mol. The largest absolute Gasteiger partial charge is 0.434 e. The van der Waals surface area contributed by atoms with E-state index < -0.39 is 35.8 Å². The maximum Gasteiger partial charge on any atom is 0.434 e. The Bertz CT molecular complexity index is 1360. The third-order valence-corrected chi connectivity index (χ3v) is 8.00. The number of halogens is 4. The average Bonchev–Trinajstić information content (AvgIpc) is 3.24. The van der Waals surface area contributed by atoms with Gasteiger partial charge in [0.1, 0.15) is 6.04 Å². The second kappa shape index (κ2) is 12.1. The smallest absolute Gasteiger partial charge is 0.367 e. The molecule has 0 bridgehead atoms. The standard InChI is InChI=1S/C28H29ClF3N5O5/c29-23-20(24(38)35-11-2-1-3-12-35)5-4-6-22(23)34-13-15-36(16-14-34)27(41)42-37-25(39)21(33-26(37)40)17-18-7-9-19(10-8-18)28(30,31)32/h4-10,21H,1-3,11-17H2,(H,33,40)/t21-/m0/s1. The van der Waals surface area contributed by atoms with Crippen LogP contribution in [0.4, 0.5) is 28.4 Å². The topological polar surface area (TPSA) is 102 Å². The molecular formula is C28H29ClF3N5O5. The van der Waals surface area contributed by atoms with Crippen LogP contribution in [-0.4, -0.2) is 84.1 Å². The zero-order chi connectivity index (χ0) is 30.0. The third kappa shape index (κ3) is 6.25. The molecule has 1 N–H and O–H groups in total. The zero-order valence-electron chi connectivity index (χ0n) is 22.5. The summed E-state index contributed by atoms with van der Waals surface area (Å²) < 4.78 is 38.4. The van der Waals surface area contributed by atoms with Crippen LogP contribution >= 0.6 is 11.6 Å². The number of alkyl halides is 3. The van der Waals surface area contributed by atoms with Crippen LogP contribution in [0, 0.1) is 0 Å². The number of piperidine rings is 1. The number of amides is 5. The number of likely N-dealkylation sites (tertiary alicyclic amines) is 1. The van der Waals surface area contributed by atoms with Crippen molar-refractivity contribution in [3.05, 3.63) is 64.2 Å². The lowest BCUT2D eigenvalue weighted by Gasteiger charge is -2.36. The van der Waals surface area contributed by atoms with Gasteiger partial charge in [0.25, 0.3) is 11.8 Å². The lowest BCUT2D eigenvalue weighted by molar-refractivity contribution is -0.151. The maximum absolute atomic E-state index is 13.0. The van der Waals surface area contributed by atoms with Gasteiger partial charge in [0.15, 0.2) is 0 Å². The molecule has 3 saturated heterocycles. The van der Waals surface area contributed by atoms with Gasteiger partial charge in [-0.1, -0.05) is 34.9 Å². The van der Waals surface area contributed by atoms with Gasteiger partial charge in [-0.3, -0.25) is 9.59 Å². The van der Waals surface area contributed by atoms with Gasteiger partial charge in [-0.05, 0) is 49.1 Å². The number of nitrogens with one attached hydrogen (secondary N) is 1. The first-order valence-electron chi connectivity index (χ1n) is 13.6. The van der Waals surface area contributed by atoms with E-state index in [1.54, 1.807) is 12.1 Å².